The van der Waals surface area contributed by atoms with Gasteiger partial charge in [0.05, 0.1) is 48.9 Å². The fourth-order valence-corrected chi connectivity index (χ4v) is 6.80. The maximum atomic E-state index is 13.8. The Labute approximate surface area is 285 Å². The molecule has 2 aromatic carbocycles. The molecule has 5 rings (SSSR count). The average Bonchev–Trinajstić information content (AvgIpc) is 3.06. The molecule has 48 heavy (non-hydrogen) atoms. The lowest BCUT2D eigenvalue weighted by molar-refractivity contribution is -0.931. The Morgan fingerprint density at radius 2 is 1.69 bits per heavy atom. The molecule has 1 fully saturated rings. The summed E-state index contributed by atoms with van der Waals surface area (Å²) in [5.41, 5.74) is -0.174. The number of piperidine rings is 1. The Bertz CT molecular complexity index is 1790. The van der Waals surface area contributed by atoms with Gasteiger partial charge in [0.25, 0.3) is 5.91 Å². The van der Waals surface area contributed by atoms with E-state index in [9.17, 15) is 18.4 Å². The van der Waals surface area contributed by atoms with E-state index in [4.69, 9.17) is 16.3 Å². The number of halogens is 3. The minimum atomic E-state index is -0.857. The van der Waals surface area contributed by atoms with Gasteiger partial charge in [0.2, 0.25) is 5.43 Å². The number of hydrogen-bond donors (Lipinski definition) is 1. The predicted molar refractivity (Wildman–Crippen MR) is 189 cm³/mol. The van der Waals surface area contributed by atoms with Gasteiger partial charge in [-0.2, -0.15) is 0 Å². The summed E-state index contributed by atoms with van der Waals surface area (Å²) >= 11 is 6.78. The summed E-state index contributed by atoms with van der Waals surface area (Å²) < 4.78 is 36.5. The van der Waals surface area contributed by atoms with Crippen LogP contribution in [0.5, 0.6) is 5.75 Å². The zero-order valence-corrected chi connectivity index (χ0v) is 28.8. The number of carbonyl (C=O) groups is 1. The number of rotatable bonds is 14. The van der Waals surface area contributed by atoms with Crippen molar-refractivity contribution < 1.29 is 22.8 Å². The summed E-state index contributed by atoms with van der Waals surface area (Å²) in [6.07, 6.45) is 11.2. The molecule has 1 aliphatic rings. The number of pyridine rings is 2. The smallest absolute Gasteiger partial charge is 0.261 e. The molecule has 4 aromatic rings. The Morgan fingerprint density at radius 3 is 2.38 bits per heavy atom. The van der Waals surface area contributed by atoms with Gasteiger partial charge in [-0.05, 0) is 81.8 Å². The summed E-state index contributed by atoms with van der Waals surface area (Å²) in [5.74, 6) is -1.33. The number of fused-ring (bicyclic) bond motifs is 1. The van der Waals surface area contributed by atoms with Crippen molar-refractivity contribution in [3.63, 3.8) is 0 Å². The van der Waals surface area contributed by atoms with Gasteiger partial charge >= 0.3 is 0 Å². The number of ether oxygens (including phenoxy) is 1. The number of amides is 1. The van der Waals surface area contributed by atoms with Crippen LogP contribution in [0, 0.1) is 11.6 Å². The van der Waals surface area contributed by atoms with E-state index in [1.807, 2.05) is 14.1 Å². The van der Waals surface area contributed by atoms with Crippen molar-refractivity contribution in [2.45, 2.75) is 58.3 Å². The summed E-state index contributed by atoms with van der Waals surface area (Å²) in [6.45, 7) is 8.13. The topological polar surface area (TPSA) is 76.5 Å². The molecule has 1 amide bonds. The number of hydrogen-bond acceptors (Lipinski definition) is 5. The molecule has 0 aliphatic carbocycles. The Morgan fingerprint density at radius 1 is 0.979 bits per heavy atom. The minimum Gasteiger partial charge on any atom is -0.494 e. The van der Waals surface area contributed by atoms with Crippen molar-refractivity contribution in [1.29, 1.82) is 0 Å². The molecule has 1 aliphatic heterocycles. The molecule has 1 saturated heterocycles. The molecule has 0 spiro atoms. The quantitative estimate of drug-likeness (QED) is 0.108. The molecule has 0 atom stereocenters. The van der Waals surface area contributed by atoms with Crippen molar-refractivity contribution in [3.05, 3.63) is 87.2 Å². The normalized spacial score (nSPS) is 14.2. The summed E-state index contributed by atoms with van der Waals surface area (Å²) in [7, 11) is 3.65. The van der Waals surface area contributed by atoms with Gasteiger partial charge in [0.1, 0.15) is 28.8 Å². The van der Waals surface area contributed by atoms with Crippen LogP contribution in [0.2, 0.25) is 5.02 Å². The van der Waals surface area contributed by atoms with Crippen LogP contribution in [0.25, 0.3) is 16.7 Å². The Kier molecular flexibility index (Phi) is 11.7. The average molecular weight is 681 g/mol. The predicted octanol–water partition coefficient (Wildman–Crippen LogP) is 7.99. The number of benzene rings is 2. The molecule has 1 N–H and O–H groups in total. The zero-order chi connectivity index (χ0) is 34.3. The number of carbonyl (C=O) groups excluding carboxylic acids is 1. The molecule has 0 unspecified atom stereocenters. The van der Waals surface area contributed by atoms with Crippen molar-refractivity contribution in [2.75, 3.05) is 57.1 Å². The molecule has 3 heterocycles. The van der Waals surface area contributed by atoms with E-state index in [0.717, 1.165) is 25.0 Å². The van der Waals surface area contributed by atoms with Gasteiger partial charge in [-0.3, -0.25) is 14.2 Å². The third-order valence-corrected chi connectivity index (χ3v) is 9.62. The number of nitrogens with zero attached hydrogens (tertiary/aromatic N) is 4. The highest BCUT2D eigenvalue weighted by atomic mass is 35.5. The molecule has 0 bridgehead atoms. The van der Waals surface area contributed by atoms with Crippen molar-refractivity contribution in [3.8, 4) is 11.4 Å². The fraction of sp³-hybridized carbons (Fsp3) is 0.432. The largest absolute Gasteiger partial charge is 0.494 e. The van der Waals surface area contributed by atoms with Crippen LogP contribution in [0.3, 0.4) is 0 Å². The monoisotopic (exact) mass is 680 g/mol. The van der Waals surface area contributed by atoms with Gasteiger partial charge in [0.15, 0.2) is 5.65 Å². The molecule has 11 heteroatoms. The van der Waals surface area contributed by atoms with E-state index in [1.165, 1.54) is 75.4 Å². The van der Waals surface area contributed by atoms with E-state index in [2.05, 4.69) is 17.2 Å². The number of likely N-dealkylation sites (tertiary alicyclic amines) is 1. The lowest BCUT2D eigenvalue weighted by Gasteiger charge is -2.41. The van der Waals surface area contributed by atoms with Crippen molar-refractivity contribution >= 4 is 40.0 Å². The standard InChI is InChI=1S/C37H44ClF2N5O3/c1-4-45(18-10-8-11-19-45)17-9-6-5-7-12-20-48-29-13-15-33(32(38)24-29)44-25-31(37(47)41-28-22-26(39)21-27(40)23-28)35(46)30-14-16-34(43(2)3)42-36(30)44/h13-16,21-25H,4-12,17-20H2,1-3H3/p+1. The van der Waals surface area contributed by atoms with Crippen LogP contribution >= 0.6 is 11.6 Å². The number of unbranched alkanes of at least 4 members (excludes halogenated alkanes) is 4. The van der Waals surface area contributed by atoms with Crippen LogP contribution in [-0.2, 0) is 0 Å². The Hall–Kier alpha value is -4.02. The number of anilines is 2. The van der Waals surface area contributed by atoms with E-state index in [-0.39, 0.29) is 16.6 Å². The minimum absolute atomic E-state index is 0.118. The van der Waals surface area contributed by atoms with E-state index >= 15 is 0 Å². The van der Waals surface area contributed by atoms with E-state index in [0.29, 0.717) is 40.6 Å². The molecule has 0 saturated carbocycles. The first-order valence-electron chi connectivity index (χ1n) is 16.9. The van der Waals surface area contributed by atoms with Crippen molar-refractivity contribution in [2.24, 2.45) is 0 Å². The maximum absolute atomic E-state index is 13.8. The number of aromatic nitrogens is 2. The van der Waals surface area contributed by atoms with Crippen LogP contribution in [0.15, 0.2) is 59.5 Å². The van der Waals surface area contributed by atoms with Crippen LogP contribution in [0.4, 0.5) is 20.3 Å². The second-order valence-corrected chi connectivity index (χ2v) is 13.3. The third kappa shape index (κ3) is 8.52. The summed E-state index contributed by atoms with van der Waals surface area (Å²) in [4.78, 5) is 33.2. The SMILES string of the molecule is CC[N+]1(CCCCCCCOc2ccc(-n3cc(C(=O)Nc4cc(F)cc(F)c4)c(=O)c4ccc(N(C)C)nc43)c(Cl)c2)CCCCC1. The van der Waals surface area contributed by atoms with Gasteiger partial charge in [-0.1, -0.05) is 24.4 Å². The second kappa shape index (κ2) is 15.9. The Balaban J connectivity index is 1.28. The second-order valence-electron chi connectivity index (χ2n) is 12.9. The molecule has 0 radical (unpaired) electrons. The first-order chi connectivity index (χ1) is 23.1. The lowest BCUT2D eigenvalue weighted by Crippen LogP contribution is -2.51. The molecule has 256 valence electrons. The number of nitrogens with one attached hydrogen (secondary N) is 1. The molecule has 2 aromatic heterocycles. The highest BCUT2D eigenvalue weighted by molar-refractivity contribution is 6.32. The zero-order valence-electron chi connectivity index (χ0n) is 28.0. The molecular weight excluding hydrogens is 636 g/mol. The third-order valence-electron chi connectivity index (χ3n) is 9.32. The van der Waals surface area contributed by atoms with Gasteiger partial charge < -0.3 is 19.4 Å². The summed E-state index contributed by atoms with van der Waals surface area (Å²) in [6, 6.07) is 11.2. The lowest BCUT2D eigenvalue weighted by atomic mass is 10.1. The van der Waals surface area contributed by atoms with Crippen LogP contribution in [-0.4, -0.2) is 66.8 Å². The van der Waals surface area contributed by atoms with Gasteiger partial charge in [-0.25, -0.2) is 13.8 Å². The first-order valence-corrected chi connectivity index (χ1v) is 17.3. The summed E-state index contributed by atoms with van der Waals surface area (Å²) in [5, 5.41) is 2.94. The first kappa shape index (κ1) is 35.3. The highest BCUT2D eigenvalue weighted by Crippen LogP contribution is 2.29. The molecule has 8 nitrogen and oxygen atoms in total. The number of quaternary nitrogens is 1. The van der Waals surface area contributed by atoms with E-state index in [1.54, 1.807) is 39.8 Å². The molecular formula is C37H45ClF2N5O3+. The van der Waals surface area contributed by atoms with E-state index < -0.39 is 23.0 Å². The van der Waals surface area contributed by atoms with Gasteiger partial charge in [-0.15, -0.1) is 0 Å². The van der Waals surface area contributed by atoms with Gasteiger partial charge in [0, 0.05) is 38.1 Å². The van der Waals surface area contributed by atoms with Crippen LogP contribution in [0.1, 0.15) is 68.6 Å². The van der Waals surface area contributed by atoms with Crippen molar-refractivity contribution in [1.82, 2.24) is 9.55 Å². The fourth-order valence-electron chi connectivity index (χ4n) is 6.54. The van der Waals surface area contributed by atoms with Crippen LogP contribution < -0.4 is 20.4 Å². The highest BCUT2D eigenvalue weighted by Gasteiger charge is 2.27. The maximum Gasteiger partial charge on any atom is 0.261 e.